The lowest BCUT2D eigenvalue weighted by atomic mass is 9.88. The van der Waals surface area contributed by atoms with Crippen molar-refractivity contribution in [3.8, 4) is 22.6 Å². The summed E-state index contributed by atoms with van der Waals surface area (Å²) in [6, 6.07) is 65.2. The number of rotatable bonds is 6. The molecular weight excluding hydrogens is 705 g/mol. The summed E-state index contributed by atoms with van der Waals surface area (Å²) < 4.78 is 8.34. The van der Waals surface area contributed by atoms with Gasteiger partial charge < -0.3 is 4.74 Å². The number of para-hydroxylation sites is 2. The van der Waals surface area contributed by atoms with Crippen LogP contribution in [0.4, 0.5) is 0 Å². The largest absolute Gasteiger partial charge is 0.483 e. The highest BCUT2D eigenvalue weighted by molar-refractivity contribution is 8.00. The first-order valence-electron chi connectivity index (χ1n) is 19.0. The number of ether oxygens (including phenoxy) is 1. The zero-order valence-electron chi connectivity index (χ0n) is 30.1. The van der Waals surface area contributed by atoms with Gasteiger partial charge in [0.2, 0.25) is 0 Å². The molecule has 11 rings (SSSR count). The monoisotopic (exact) mass is 740 g/mol. The molecule has 7 aromatic carbocycles. The molecule has 1 aromatic heterocycles. The predicted octanol–water partition coefficient (Wildman–Crippen LogP) is 9.31. The minimum Gasteiger partial charge on any atom is -0.483 e. The van der Waals surface area contributed by atoms with Gasteiger partial charge in [-0.3, -0.25) is 4.57 Å². The Balaban J connectivity index is 1.12. The highest BCUT2D eigenvalue weighted by Gasteiger charge is 2.42. The van der Waals surface area contributed by atoms with Crippen molar-refractivity contribution in [1.29, 1.82) is 0 Å². The molecule has 2 aliphatic heterocycles. The maximum absolute atomic E-state index is 6.07. The van der Waals surface area contributed by atoms with Crippen molar-refractivity contribution in [2.24, 2.45) is 0 Å². The summed E-state index contributed by atoms with van der Waals surface area (Å²) in [7, 11) is -2.86. The SMILES string of the molecule is C1=CC(c2cccc([Si](c3ccccc3)(c3ccccc3)c3cccc(-c4ccc5nc6n(c5c4)-c4ccccc4OC6)c3)c2)=C2c3ccccc3SC2C1. The van der Waals surface area contributed by atoms with Crippen LogP contribution in [-0.4, -0.2) is 22.9 Å². The number of nitrogens with zero attached hydrogens (tertiary/aromatic N) is 2. The van der Waals surface area contributed by atoms with Gasteiger partial charge >= 0.3 is 0 Å². The van der Waals surface area contributed by atoms with Crippen LogP contribution in [0, 0.1) is 0 Å². The number of thioether (sulfide) groups is 1. The van der Waals surface area contributed by atoms with E-state index in [0.717, 1.165) is 34.7 Å². The standard InChI is InChI=1S/C50H36N2OSSi/c1-3-16-37(17-4-1)55(38-18-5-2-6-19-38,40-21-12-15-36(31-40)41-23-13-27-48-50(41)42-22-7-10-26-47(42)54-48)39-20-11-14-34(30-39)35-28-29-43-45(32-35)52-44-24-8-9-25-46(44)53-33-49(52)51-43/h1-26,28-32,48H,27,33H2. The maximum Gasteiger partial charge on any atom is 0.179 e. The molecule has 0 saturated heterocycles. The van der Waals surface area contributed by atoms with Crippen LogP contribution in [0.5, 0.6) is 5.75 Å². The number of imidazole rings is 1. The molecule has 3 heterocycles. The van der Waals surface area contributed by atoms with Crippen LogP contribution in [0.2, 0.25) is 0 Å². The molecular formula is C50H36N2OSSi. The van der Waals surface area contributed by atoms with Crippen LogP contribution in [0.15, 0.2) is 193 Å². The zero-order chi connectivity index (χ0) is 36.3. The molecule has 8 aromatic rings. The highest BCUT2D eigenvalue weighted by atomic mass is 32.2. The van der Waals surface area contributed by atoms with E-state index in [1.165, 1.54) is 59.0 Å². The topological polar surface area (TPSA) is 27.1 Å². The minimum atomic E-state index is -2.86. The van der Waals surface area contributed by atoms with Crippen molar-refractivity contribution in [3.63, 3.8) is 0 Å². The van der Waals surface area contributed by atoms with Gasteiger partial charge in [0.15, 0.2) is 13.9 Å². The molecule has 1 unspecified atom stereocenters. The molecule has 55 heavy (non-hydrogen) atoms. The average Bonchev–Trinajstić information content (AvgIpc) is 3.84. The van der Waals surface area contributed by atoms with E-state index in [1.807, 2.05) is 23.9 Å². The average molecular weight is 741 g/mol. The van der Waals surface area contributed by atoms with Gasteiger partial charge in [0, 0.05) is 10.1 Å². The van der Waals surface area contributed by atoms with E-state index in [4.69, 9.17) is 9.72 Å². The van der Waals surface area contributed by atoms with E-state index < -0.39 is 8.07 Å². The van der Waals surface area contributed by atoms with Gasteiger partial charge in [0.1, 0.15) is 12.4 Å². The highest BCUT2D eigenvalue weighted by Crippen LogP contribution is 2.51. The molecule has 1 aliphatic carbocycles. The lowest BCUT2D eigenvalue weighted by molar-refractivity contribution is 0.280. The fraction of sp³-hybridized carbons (Fsp3) is 0.0600. The van der Waals surface area contributed by atoms with E-state index in [-0.39, 0.29) is 0 Å². The lowest BCUT2D eigenvalue weighted by Gasteiger charge is -2.35. The third-order valence-electron chi connectivity index (χ3n) is 11.5. The predicted molar refractivity (Wildman–Crippen MR) is 231 cm³/mol. The number of aromatic nitrogens is 2. The molecule has 3 nitrogen and oxygen atoms in total. The normalized spacial score (nSPS) is 15.6. The first kappa shape index (κ1) is 32.3. The smallest absolute Gasteiger partial charge is 0.179 e. The first-order chi connectivity index (χ1) is 27.3. The van der Waals surface area contributed by atoms with Gasteiger partial charge in [0.05, 0.1) is 16.7 Å². The van der Waals surface area contributed by atoms with Gasteiger partial charge in [-0.1, -0.05) is 158 Å². The minimum absolute atomic E-state index is 0.447. The van der Waals surface area contributed by atoms with Gasteiger partial charge in [-0.2, -0.15) is 0 Å². The molecule has 0 saturated carbocycles. The van der Waals surface area contributed by atoms with E-state index in [1.54, 1.807) is 0 Å². The summed E-state index contributed by atoms with van der Waals surface area (Å²) >= 11 is 2.01. The molecule has 0 N–H and O–H groups in total. The van der Waals surface area contributed by atoms with Crippen molar-refractivity contribution in [3.05, 3.63) is 205 Å². The molecule has 0 amide bonds. The van der Waals surface area contributed by atoms with Crippen LogP contribution < -0.4 is 25.5 Å². The van der Waals surface area contributed by atoms with Crippen molar-refractivity contribution in [2.45, 2.75) is 23.2 Å². The third kappa shape index (κ3) is 5.15. The zero-order valence-corrected chi connectivity index (χ0v) is 31.9. The maximum atomic E-state index is 6.07. The van der Waals surface area contributed by atoms with Crippen LogP contribution in [-0.2, 0) is 6.61 Å². The molecule has 0 spiro atoms. The summed E-state index contributed by atoms with van der Waals surface area (Å²) in [5.74, 6) is 1.81. The number of hydrogen-bond donors (Lipinski definition) is 0. The van der Waals surface area contributed by atoms with Crippen LogP contribution >= 0.6 is 11.8 Å². The molecule has 262 valence electrons. The molecule has 1 atom stereocenters. The summed E-state index contributed by atoms with van der Waals surface area (Å²) in [6.45, 7) is 0.456. The van der Waals surface area contributed by atoms with Crippen molar-refractivity contribution < 1.29 is 4.74 Å². The van der Waals surface area contributed by atoms with Crippen LogP contribution in [0.25, 0.3) is 39.0 Å². The number of allylic oxidation sites excluding steroid dienone is 3. The van der Waals surface area contributed by atoms with Crippen molar-refractivity contribution in [1.82, 2.24) is 9.55 Å². The Kier molecular flexibility index (Phi) is 7.64. The second-order valence-corrected chi connectivity index (χ2v) is 19.6. The van der Waals surface area contributed by atoms with Crippen molar-refractivity contribution in [2.75, 3.05) is 0 Å². The third-order valence-corrected chi connectivity index (χ3v) is 17.6. The van der Waals surface area contributed by atoms with E-state index in [2.05, 4.69) is 181 Å². The summed E-state index contributed by atoms with van der Waals surface area (Å²) in [5.41, 5.74) is 10.9. The fourth-order valence-corrected chi connectivity index (χ4v) is 15.3. The number of benzene rings is 7. The van der Waals surface area contributed by atoms with Crippen LogP contribution in [0.3, 0.4) is 0 Å². The van der Waals surface area contributed by atoms with Gasteiger partial charge in [-0.05, 0) is 90.9 Å². The molecule has 3 aliphatic rings. The Hall–Kier alpha value is -6.14. The van der Waals surface area contributed by atoms with Gasteiger partial charge in [-0.25, -0.2) is 4.98 Å². The second-order valence-electron chi connectivity index (χ2n) is 14.5. The lowest BCUT2D eigenvalue weighted by Crippen LogP contribution is -2.74. The van der Waals surface area contributed by atoms with Gasteiger partial charge in [-0.15, -0.1) is 11.8 Å². The molecule has 0 bridgehead atoms. The van der Waals surface area contributed by atoms with E-state index >= 15 is 0 Å². The fourth-order valence-electron chi connectivity index (χ4n) is 9.12. The Bertz CT molecular complexity index is 2800. The molecule has 5 heteroatoms. The van der Waals surface area contributed by atoms with E-state index in [0.29, 0.717) is 11.9 Å². The second kappa shape index (κ2) is 13.0. The summed E-state index contributed by atoms with van der Waals surface area (Å²) in [5, 5.41) is 5.90. The van der Waals surface area contributed by atoms with Gasteiger partial charge in [0.25, 0.3) is 0 Å². The Morgan fingerprint density at radius 3 is 2.05 bits per heavy atom. The van der Waals surface area contributed by atoms with E-state index in [9.17, 15) is 0 Å². The Morgan fingerprint density at radius 1 is 0.600 bits per heavy atom. The Labute approximate surface area is 326 Å². The summed E-state index contributed by atoms with van der Waals surface area (Å²) in [6.07, 6.45) is 5.81. The molecule has 0 radical (unpaired) electrons. The first-order valence-corrected chi connectivity index (χ1v) is 21.9. The number of hydrogen-bond acceptors (Lipinski definition) is 3. The van der Waals surface area contributed by atoms with Crippen LogP contribution in [0.1, 0.15) is 23.4 Å². The van der Waals surface area contributed by atoms with Crippen molar-refractivity contribution >= 4 is 62.8 Å². The Morgan fingerprint density at radius 2 is 1.25 bits per heavy atom. The summed E-state index contributed by atoms with van der Waals surface area (Å²) in [4.78, 5) is 6.37. The number of fused-ring (bicyclic) bond motifs is 8. The molecule has 0 fully saturated rings. The quantitative estimate of drug-likeness (QED) is 0.126.